The highest BCUT2D eigenvalue weighted by Gasteiger charge is 2.38. The van der Waals surface area contributed by atoms with Crippen molar-refractivity contribution in [2.24, 2.45) is 16.2 Å². The fraction of sp³-hybridized carbons (Fsp3) is 0.600. The zero-order chi connectivity index (χ0) is 25.8. The van der Waals surface area contributed by atoms with Crippen molar-refractivity contribution in [1.29, 1.82) is 0 Å². The molecule has 0 spiro atoms. The van der Waals surface area contributed by atoms with E-state index >= 15 is 0 Å². The van der Waals surface area contributed by atoms with E-state index in [-0.39, 0.29) is 24.5 Å². The van der Waals surface area contributed by atoms with E-state index in [1.54, 1.807) is 23.1 Å². The number of ether oxygens (including phenoxy) is 2. The van der Waals surface area contributed by atoms with Crippen LogP contribution in [-0.4, -0.2) is 51.3 Å². The highest BCUT2D eigenvalue weighted by molar-refractivity contribution is 7.91. The number of benzene rings is 1. The van der Waals surface area contributed by atoms with E-state index in [1.807, 2.05) is 41.5 Å². The standard InChI is InChI=1S/C25H36Cl2N2O4S/c1-9-12-32-21-14-20(27)19(26)13-18(21)22(28-34(31)25(6,7)8)17-10-11-29(15-16(17)2)23(30)33-24(3,4)5/h9,13-14,16-17H,1,10-12,15H2,2-8H3/t16-,17+,34?/m1/s1. The molecule has 1 aliphatic rings. The predicted molar refractivity (Wildman–Crippen MR) is 142 cm³/mol. The number of halogens is 2. The van der Waals surface area contributed by atoms with Crippen LogP contribution in [-0.2, 0) is 16.1 Å². The average Bonchev–Trinajstić information content (AvgIpc) is 2.70. The van der Waals surface area contributed by atoms with Crippen molar-refractivity contribution >= 4 is 46.4 Å². The average molecular weight is 532 g/mol. The highest BCUT2D eigenvalue weighted by atomic mass is 35.5. The summed E-state index contributed by atoms with van der Waals surface area (Å²) in [7, 11) is 0. The van der Waals surface area contributed by atoms with Crippen LogP contribution >= 0.6 is 23.2 Å². The predicted octanol–water partition coefficient (Wildman–Crippen LogP) is 6.70. The second-order valence-electron chi connectivity index (χ2n) is 10.5. The second-order valence-corrected chi connectivity index (χ2v) is 13.2. The summed E-state index contributed by atoms with van der Waals surface area (Å²) >= 11 is 11.1. The van der Waals surface area contributed by atoms with Gasteiger partial charge < -0.3 is 18.9 Å². The van der Waals surface area contributed by atoms with Crippen LogP contribution in [0, 0.1) is 11.8 Å². The van der Waals surface area contributed by atoms with Crippen LogP contribution in [0.15, 0.2) is 29.2 Å². The van der Waals surface area contributed by atoms with Gasteiger partial charge >= 0.3 is 6.09 Å². The van der Waals surface area contributed by atoms with Gasteiger partial charge in [-0.2, -0.15) is 0 Å². The Morgan fingerprint density at radius 1 is 1.26 bits per heavy atom. The van der Waals surface area contributed by atoms with Crippen molar-refractivity contribution in [3.05, 3.63) is 40.4 Å². The van der Waals surface area contributed by atoms with Gasteiger partial charge in [0.05, 0.1) is 10.0 Å². The van der Waals surface area contributed by atoms with E-state index in [0.717, 1.165) is 0 Å². The second kappa shape index (κ2) is 11.5. The Balaban J connectivity index is 2.48. The molecule has 34 heavy (non-hydrogen) atoms. The van der Waals surface area contributed by atoms with Crippen molar-refractivity contribution in [2.75, 3.05) is 19.7 Å². The number of carbonyl (C=O) groups excluding carboxylic acids is 1. The zero-order valence-electron chi connectivity index (χ0n) is 21.1. The Kier molecular flexibility index (Phi) is 9.79. The molecule has 0 N–H and O–H groups in total. The third kappa shape index (κ3) is 7.80. The van der Waals surface area contributed by atoms with E-state index in [2.05, 4.69) is 13.5 Å². The first-order valence-corrected chi connectivity index (χ1v) is 13.2. The molecule has 1 fully saturated rings. The maximum Gasteiger partial charge on any atom is 0.410 e. The number of amides is 1. The lowest BCUT2D eigenvalue weighted by Crippen LogP contribution is -2.47. The minimum atomic E-state index is -1.51. The SMILES string of the molecule is C=CCOc1cc(Cl)c(Cl)cc1C(=N[S+]([O-])C(C)(C)C)[C@H]1CCN(C(=O)OC(C)(C)C)C[C@H]1C. The van der Waals surface area contributed by atoms with Gasteiger partial charge in [0.15, 0.2) is 0 Å². The van der Waals surface area contributed by atoms with Crippen molar-refractivity contribution in [1.82, 2.24) is 4.90 Å². The van der Waals surface area contributed by atoms with Gasteiger partial charge in [0, 0.05) is 30.6 Å². The molecule has 1 aromatic carbocycles. The Labute approximate surface area is 217 Å². The molecule has 1 aromatic rings. The summed E-state index contributed by atoms with van der Waals surface area (Å²) < 4.78 is 28.7. The largest absolute Gasteiger partial charge is 0.591 e. The number of hydrogen-bond donors (Lipinski definition) is 0. The minimum absolute atomic E-state index is 0.0266. The lowest BCUT2D eigenvalue weighted by molar-refractivity contribution is 0.0150. The van der Waals surface area contributed by atoms with E-state index < -0.39 is 21.7 Å². The van der Waals surface area contributed by atoms with Crippen molar-refractivity contribution in [3.8, 4) is 5.75 Å². The van der Waals surface area contributed by atoms with Gasteiger partial charge in [-0.15, -0.1) is 0 Å². The van der Waals surface area contributed by atoms with Gasteiger partial charge in [0.25, 0.3) is 0 Å². The molecule has 1 saturated heterocycles. The van der Waals surface area contributed by atoms with Crippen molar-refractivity contribution in [3.63, 3.8) is 0 Å². The molecule has 190 valence electrons. The van der Waals surface area contributed by atoms with Gasteiger partial charge in [0.2, 0.25) is 0 Å². The third-order valence-electron chi connectivity index (χ3n) is 5.27. The Morgan fingerprint density at radius 3 is 2.41 bits per heavy atom. The fourth-order valence-corrected chi connectivity index (χ4v) is 4.59. The van der Waals surface area contributed by atoms with Gasteiger partial charge in [-0.1, -0.05) is 47.2 Å². The fourth-order valence-electron chi connectivity index (χ4n) is 3.58. The van der Waals surface area contributed by atoms with Crippen LogP contribution in [0.2, 0.25) is 10.0 Å². The quantitative estimate of drug-likeness (QED) is 0.233. The first-order valence-electron chi connectivity index (χ1n) is 11.4. The molecule has 0 bridgehead atoms. The lowest BCUT2D eigenvalue weighted by Gasteiger charge is -2.38. The smallest absolute Gasteiger partial charge is 0.410 e. The molecular weight excluding hydrogens is 495 g/mol. The maximum atomic E-state index is 13.1. The first-order chi connectivity index (χ1) is 15.6. The minimum Gasteiger partial charge on any atom is -0.591 e. The van der Waals surface area contributed by atoms with Gasteiger partial charge in [-0.25, -0.2) is 4.79 Å². The number of rotatable bonds is 6. The summed E-state index contributed by atoms with van der Waals surface area (Å²) in [6, 6.07) is 3.37. The molecule has 2 rings (SSSR count). The lowest BCUT2D eigenvalue weighted by atomic mass is 9.80. The monoisotopic (exact) mass is 530 g/mol. The molecule has 1 heterocycles. The Morgan fingerprint density at radius 2 is 1.88 bits per heavy atom. The summed E-state index contributed by atoms with van der Waals surface area (Å²) in [6.45, 7) is 18.2. The van der Waals surface area contributed by atoms with Crippen LogP contribution in [0.3, 0.4) is 0 Å². The Hall–Kier alpha value is -1.41. The van der Waals surface area contributed by atoms with Crippen LogP contribution in [0.1, 0.15) is 60.5 Å². The molecule has 0 aromatic heterocycles. The third-order valence-corrected chi connectivity index (χ3v) is 7.40. The van der Waals surface area contributed by atoms with Crippen LogP contribution in [0.5, 0.6) is 5.75 Å². The Bertz CT molecular complexity index is 925. The van der Waals surface area contributed by atoms with Crippen LogP contribution < -0.4 is 4.74 Å². The van der Waals surface area contributed by atoms with Crippen LogP contribution in [0.4, 0.5) is 4.79 Å². The molecule has 0 radical (unpaired) electrons. The molecular formula is C25H36Cl2N2O4S. The molecule has 1 aliphatic heterocycles. The number of nitrogens with zero attached hydrogens (tertiary/aromatic N) is 2. The molecule has 0 aliphatic carbocycles. The van der Waals surface area contributed by atoms with Gasteiger partial charge in [-0.3, -0.25) is 0 Å². The number of carbonyl (C=O) groups is 1. The van der Waals surface area contributed by atoms with E-state index in [0.29, 0.717) is 46.6 Å². The molecule has 6 nitrogen and oxygen atoms in total. The number of hydrogen-bond acceptors (Lipinski definition) is 5. The number of likely N-dealkylation sites (tertiary alicyclic amines) is 1. The summed E-state index contributed by atoms with van der Waals surface area (Å²) in [4.78, 5) is 14.3. The topological polar surface area (TPSA) is 74.2 Å². The van der Waals surface area contributed by atoms with Gasteiger partial charge in [-0.05, 0) is 59.9 Å². The zero-order valence-corrected chi connectivity index (χ0v) is 23.4. The highest BCUT2D eigenvalue weighted by Crippen LogP contribution is 2.37. The summed E-state index contributed by atoms with van der Waals surface area (Å²) in [5, 5.41) is 0.712. The van der Waals surface area contributed by atoms with Gasteiger partial charge in [0.1, 0.15) is 39.8 Å². The summed E-state index contributed by atoms with van der Waals surface area (Å²) in [5.41, 5.74) is 0.726. The van der Waals surface area contributed by atoms with Crippen molar-refractivity contribution in [2.45, 2.75) is 65.2 Å². The van der Waals surface area contributed by atoms with E-state index in [4.69, 9.17) is 37.1 Å². The normalized spacial score (nSPS) is 20.6. The molecule has 1 amide bonds. The summed E-state index contributed by atoms with van der Waals surface area (Å²) in [6.07, 6.45) is 1.93. The maximum absolute atomic E-state index is 13.1. The summed E-state index contributed by atoms with van der Waals surface area (Å²) in [5.74, 6) is 0.452. The van der Waals surface area contributed by atoms with E-state index in [9.17, 15) is 9.35 Å². The molecule has 0 saturated carbocycles. The van der Waals surface area contributed by atoms with E-state index in [1.165, 1.54) is 0 Å². The molecule has 1 unspecified atom stereocenters. The van der Waals surface area contributed by atoms with Crippen molar-refractivity contribution < 1.29 is 18.8 Å². The van der Waals surface area contributed by atoms with Crippen LogP contribution in [0.25, 0.3) is 0 Å². The number of piperidine rings is 1. The first kappa shape index (κ1) is 28.8. The molecule has 3 atom stereocenters. The molecule has 9 heteroatoms.